The maximum absolute atomic E-state index is 13.3. The van der Waals surface area contributed by atoms with Crippen molar-refractivity contribution in [3.8, 4) is 5.75 Å². The number of aromatic nitrogens is 1. The summed E-state index contributed by atoms with van der Waals surface area (Å²) in [6.45, 7) is 1.82. The van der Waals surface area contributed by atoms with Crippen LogP contribution in [-0.2, 0) is 40.1 Å². The molecule has 6 rings (SSSR count). The molecule has 3 heterocycles. The number of carbonyl (C=O) groups is 2. The fourth-order valence-corrected chi connectivity index (χ4v) is 5.66. The molecule has 184 valence electrons. The second-order valence-electron chi connectivity index (χ2n) is 9.45. The molecule has 0 spiro atoms. The summed E-state index contributed by atoms with van der Waals surface area (Å²) in [5, 5.41) is 1.97. The number of aryl methyl sites for hydroxylation is 2. The van der Waals surface area contributed by atoms with Gasteiger partial charge in [-0.05, 0) is 55.5 Å². The quantitative estimate of drug-likeness (QED) is 0.350. The number of nitrogens with one attached hydrogen (secondary N) is 1. The number of nitrogens with zero attached hydrogens (tertiary/aromatic N) is 1. The molecule has 1 amide bonds. The van der Waals surface area contributed by atoms with Crippen molar-refractivity contribution in [2.75, 3.05) is 13.7 Å². The van der Waals surface area contributed by atoms with Crippen LogP contribution in [0.2, 0.25) is 0 Å². The van der Waals surface area contributed by atoms with E-state index in [-0.39, 0.29) is 24.7 Å². The predicted molar refractivity (Wildman–Crippen MR) is 133 cm³/mol. The van der Waals surface area contributed by atoms with Crippen LogP contribution in [-0.4, -0.2) is 41.5 Å². The molecule has 4 aromatic rings. The lowest BCUT2D eigenvalue weighted by atomic mass is 9.96. The molecular weight excluding hydrogens is 460 g/mol. The molecule has 0 saturated heterocycles. The van der Waals surface area contributed by atoms with Crippen LogP contribution in [0.1, 0.15) is 34.4 Å². The van der Waals surface area contributed by atoms with Crippen molar-refractivity contribution in [3.63, 3.8) is 0 Å². The van der Waals surface area contributed by atoms with Crippen molar-refractivity contribution in [1.82, 2.24) is 9.88 Å². The topological polar surface area (TPSA) is 102 Å². The van der Waals surface area contributed by atoms with E-state index in [9.17, 15) is 14.4 Å². The van der Waals surface area contributed by atoms with Gasteiger partial charge in [-0.15, -0.1) is 0 Å². The maximum atomic E-state index is 13.3. The Labute approximate surface area is 206 Å². The molecule has 1 aliphatic heterocycles. The van der Waals surface area contributed by atoms with Crippen LogP contribution < -0.4 is 10.4 Å². The zero-order valence-corrected chi connectivity index (χ0v) is 20.2. The molecule has 1 atom stereocenters. The van der Waals surface area contributed by atoms with Crippen molar-refractivity contribution < 1.29 is 23.5 Å². The van der Waals surface area contributed by atoms with Gasteiger partial charge < -0.3 is 23.8 Å². The van der Waals surface area contributed by atoms with E-state index in [1.54, 1.807) is 0 Å². The lowest BCUT2D eigenvalue weighted by Gasteiger charge is -2.33. The normalized spacial score (nSPS) is 16.7. The largest absolute Gasteiger partial charge is 0.483 e. The summed E-state index contributed by atoms with van der Waals surface area (Å²) in [4.78, 5) is 43.3. The molecule has 0 saturated carbocycles. The number of amides is 1. The van der Waals surface area contributed by atoms with E-state index in [0.29, 0.717) is 23.3 Å². The SMILES string of the molecule is COC(=O)C1Cc2c([nH]c3ccccc23)CN1C(=O)COc1ccc2c3c(c(=O)oc2c1C)CCC3. The lowest BCUT2D eigenvalue weighted by molar-refractivity contribution is -0.154. The Kier molecular flexibility index (Phi) is 5.32. The zero-order valence-electron chi connectivity index (χ0n) is 20.2. The molecule has 2 aromatic carbocycles. The fraction of sp³-hybridized carbons (Fsp3) is 0.321. The monoisotopic (exact) mass is 486 g/mol. The molecule has 0 fully saturated rings. The van der Waals surface area contributed by atoms with E-state index in [2.05, 4.69) is 4.98 Å². The number of benzene rings is 2. The maximum Gasteiger partial charge on any atom is 0.339 e. The first-order chi connectivity index (χ1) is 17.5. The second-order valence-corrected chi connectivity index (χ2v) is 9.45. The molecule has 0 bridgehead atoms. The molecule has 2 aromatic heterocycles. The summed E-state index contributed by atoms with van der Waals surface area (Å²) in [7, 11) is 1.33. The van der Waals surface area contributed by atoms with Gasteiger partial charge in [0, 0.05) is 39.5 Å². The lowest BCUT2D eigenvalue weighted by Crippen LogP contribution is -2.50. The van der Waals surface area contributed by atoms with E-state index >= 15 is 0 Å². The predicted octanol–water partition coefficient (Wildman–Crippen LogP) is 3.58. The first kappa shape index (κ1) is 22.4. The molecule has 1 aliphatic carbocycles. The van der Waals surface area contributed by atoms with Crippen molar-refractivity contribution in [2.24, 2.45) is 0 Å². The van der Waals surface area contributed by atoms with Gasteiger partial charge in [0.1, 0.15) is 17.4 Å². The Morgan fingerprint density at radius 2 is 1.89 bits per heavy atom. The van der Waals surface area contributed by atoms with E-state index in [0.717, 1.165) is 57.9 Å². The number of methoxy groups -OCH3 is 1. The first-order valence-electron chi connectivity index (χ1n) is 12.1. The minimum atomic E-state index is -0.740. The summed E-state index contributed by atoms with van der Waals surface area (Å²) in [5.74, 6) is -0.323. The Hall–Kier alpha value is -4.07. The number of ether oxygens (including phenoxy) is 2. The molecule has 2 aliphatic rings. The van der Waals surface area contributed by atoms with Crippen LogP contribution in [0.4, 0.5) is 0 Å². The summed E-state index contributed by atoms with van der Waals surface area (Å²) in [5.41, 5.74) is 5.59. The third kappa shape index (κ3) is 3.47. The highest BCUT2D eigenvalue weighted by Gasteiger charge is 2.37. The molecule has 1 unspecified atom stereocenters. The van der Waals surface area contributed by atoms with Gasteiger partial charge in [0.05, 0.1) is 13.7 Å². The number of H-pyrrole nitrogens is 1. The highest BCUT2D eigenvalue weighted by Crippen LogP contribution is 2.34. The summed E-state index contributed by atoms with van der Waals surface area (Å²) in [6.07, 6.45) is 2.91. The van der Waals surface area contributed by atoms with Crippen LogP contribution >= 0.6 is 0 Å². The number of hydrogen-bond donors (Lipinski definition) is 1. The van der Waals surface area contributed by atoms with Crippen molar-refractivity contribution >= 4 is 33.7 Å². The van der Waals surface area contributed by atoms with Crippen LogP contribution in [0.25, 0.3) is 21.9 Å². The van der Waals surface area contributed by atoms with Gasteiger partial charge in [0.2, 0.25) is 0 Å². The van der Waals surface area contributed by atoms with Crippen LogP contribution in [0.15, 0.2) is 45.6 Å². The number of para-hydroxylation sites is 1. The summed E-state index contributed by atoms with van der Waals surface area (Å²) in [6, 6.07) is 10.9. The molecule has 8 heteroatoms. The average Bonchev–Trinajstić information content (AvgIpc) is 3.53. The van der Waals surface area contributed by atoms with E-state index in [1.807, 2.05) is 43.3 Å². The minimum absolute atomic E-state index is 0.254. The fourth-order valence-electron chi connectivity index (χ4n) is 5.66. The van der Waals surface area contributed by atoms with Gasteiger partial charge in [-0.25, -0.2) is 9.59 Å². The molecule has 0 radical (unpaired) electrons. The highest BCUT2D eigenvalue weighted by molar-refractivity contribution is 5.90. The Balaban J connectivity index is 1.27. The molecular formula is C28H26N2O6. The third-order valence-electron chi connectivity index (χ3n) is 7.49. The van der Waals surface area contributed by atoms with E-state index < -0.39 is 12.0 Å². The first-order valence-corrected chi connectivity index (χ1v) is 12.1. The summed E-state index contributed by atoms with van der Waals surface area (Å²) < 4.78 is 16.6. The molecule has 36 heavy (non-hydrogen) atoms. The zero-order chi connectivity index (χ0) is 25.0. The summed E-state index contributed by atoms with van der Waals surface area (Å²) >= 11 is 0. The number of esters is 1. The van der Waals surface area contributed by atoms with Gasteiger partial charge in [-0.3, -0.25) is 4.79 Å². The molecule has 1 N–H and O–H groups in total. The highest BCUT2D eigenvalue weighted by atomic mass is 16.5. The Morgan fingerprint density at radius 3 is 2.72 bits per heavy atom. The minimum Gasteiger partial charge on any atom is -0.483 e. The Morgan fingerprint density at radius 1 is 1.08 bits per heavy atom. The smallest absolute Gasteiger partial charge is 0.339 e. The number of aromatic amines is 1. The molecule has 8 nitrogen and oxygen atoms in total. The van der Waals surface area contributed by atoms with Crippen LogP contribution in [0, 0.1) is 6.92 Å². The second kappa shape index (κ2) is 8.55. The van der Waals surface area contributed by atoms with Gasteiger partial charge >= 0.3 is 11.6 Å². The van der Waals surface area contributed by atoms with Gasteiger partial charge in [0.25, 0.3) is 5.91 Å². The van der Waals surface area contributed by atoms with Crippen molar-refractivity contribution in [1.29, 1.82) is 0 Å². The number of hydrogen-bond acceptors (Lipinski definition) is 6. The van der Waals surface area contributed by atoms with Gasteiger partial charge in [0.15, 0.2) is 6.61 Å². The van der Waals surface area contributed by atoms with Gasteiger partial charge in [-0.2, -0.15) is 0 Å². The van der Waals surface area contributed by atoms with Gasteiger partial charge in [-0.1, -0.05) is 18.2 Å². The number of carbonyl (C=O) groups excluding carboxylic acids is 2. The number of fused-ring (bicyclic) bond motifs is 6. The van der Waals surface area contributed by atoms with Crippen molar-refractivity contribution in [2.45, 2.75) is 45.2 Å². The number of rotatable bonds is 4. The third-order valence-corrected chi connectivity index (χ3v) is 7.49. The standard InChI is InChI=1S/C28H26N2O6/c1-15-24(11-10-18-16-7-5-8-19(16)27(32)36-26(15)18)35-14-25(31)30-13-22-20(12-23(30)28(33)34-2)17-6-3-4-9-21(17)29-22/h3-4,6,9-11,23,29H,5,7-8,12-14H2,1-2H3. The van der Waals surface area contributed by atoms with Crippen LogP contribution in [0.5, 0.6) is 5.75 Å². The Bertz CT molecular complexity index is 1600. The van der Waals surface area contributed by atoms with E-state index in [4.69, 9.17) is 13.9 Å². The average molecular weight is 487 g/mol. The van der Waals surface area contributed by atoms with E-state index in [1.165, 1.54) is 12.0 Å². The van der Waals surface area contributed by atoms with Crippen LogP contribution in [0.3, 0.4) is 0 Å². The van der Waals surface area contributed by atoms with Crippen molar-refractivity contribution in [3.05, 3.63) is 74.8 Å².